The van der Waals surface area contributed by atoms with Gasteiger partial charge in [0.15, 0.2) is 0 Å². The van der Waals surface area contributed by atoms with Gasteiger partial charge < -0.3 is 39.9 Å². The molecule has 14 nitrogen and oxygen atoms in total. The van der Waals surface area contributed by atoms with E-state index in [1.54, 1.807) is 0 Å². The summed E-state index contributed by atoms with van der Waals surface area (Å²) in [6.07, 6.45) is 3.84. The number of rotatable bonds is 10. The Kier molecular flexibility index (Phi) is 12.3. The van der Waals surface area contributed by atoms with Crippen molar-refractivity contribution >= 4 is 53.9 Å². The third kappa shape index (κ3) is 9.82. The Morgan fingerprint density at radius 2 is 1.37 bits per heavy atom. The minimum atomic E-state index is -1.80. The van der Waals surface area contributed by atoms with E-state index in [4.69, 9.17) is 19.4 Å². The Morgan fingerprint density at radius 1 is 0.774 bits per heavy atom. The fraction of sp³-hybridized carbons (Fsp3) is 0.489. The van der Waals surface area contributed by atoms with Crippen molar-refractivity contribution in [1.82, 2.24) is 40.4 Å². The SMILES string of the molecule is COC(=O)NC(CC(C)(C)C)C(=O)N1C[Si](C)(C)C[C@H]1c1nc2c(ccc3cc(-c4ccc(-c5cnc([C@H]6CCCN6C(=O)[C@H](CC(C)(C)C)NC(=O)OC)[nH]5)cc4)ccc32)[nH]1. The van der Waals surface area contributed by atoms with Gasteiger partial charge in [-0.05, 0) is 76.8 Å². The number of ether oxygens (including phenoxy) is 2. The van der Waals surface area contributed by atoms with E-state index >= 15 is 0 Å². The first-order valence-electron chi connectivity index (χ1n) is 21.6. The summed E-state index contributed by atoms with van der Waals surface area (Å²) in [7, 11) is 0.817. The number of H-pyrrole nitrogens is 2. The molecule has 2 fully saturated rings. The number of hydrogen-bond acceptors (Lipinski definition) is 8. The first-order chi connectivity index (χ1) is 29.2. The number of carbonyl (C=O) groups excluding carboxylic acids is 4. The number of imidazole rings is 2. The van der Waals surface area contributed by atoms with Crippen LogP contribution in [0, 0.1) is 10.8 Å². The Balaban J connectivity index is 1.09. The maximum absolute atomic E-state index is 14.2. The zero-order chi connectivity index (χ0) is 44.7. The zero-order valence-electron chi connectivity index (χ0n) is 37.8. The van der Waals surface area contributed by atoms with E-state index < -0.39 is 32.3 Å². The Hall–Kier alpha value is -5.70. The number of likely N-dealkylation sites (tertiary alicyclic amines) is 1. The van der Waals surface area contributed by atoms with Gasteiger partial charge in [-0.2, -0.15) is 0 Å². The first-order valence-corrected chi connectivity index (χ1v) is 25.0. The van der Waals surface area contributed by atoms with Crippen molar-refractivity contribution in [3.63, 3.8) is 0 Å². The van der Waals surface area contributed by atoms with E-state index in [0.717, 1.165) is 74.7 Å². The first kappa shape index (κ1) is 44.4. The number of aromatic amines is 2. The van der Waals surface area contributed by atoms with Crippen LogP contribution in [0.3, 0.4) is 0 Å². The number of nitrogens with one attached hydrogen (secondary N) is 4. The van der Waals surface area contributed by atoms with Crippen molar-refractivity contribution in [3.8, 4) is 22.4 Å². The largest absolute Gasteiger partial charge is 0.453 e. The monoisotopic (exact) mass is 862 g/mol. The molecular formula is C47H62N8O6Si. The number of benzene rings is 3. The van der Waals surface area contributed by atoms with Crippen LogP contribution in [0.4, 0.5) is 9.59 Å². The summed E-state index contributed by atoms with van der Waals surface area (Å²) in [6.45, 7) is 17.5. The fourth-order valence-electron chi connectivity index (χ4n) is 9.14. The van der Waals surface area contributed by atoms with E-state index in [2.05, 4.69) is 109 Å². The van der Waals surface area contributed by atoms with Crippen LogP contribution in [0.15, 0.2) is 60.8 Å². The molecule has 2 saturated heterocycles. The average Bonchev–Trinajstić information content (AvgIpc) is 4.04. The minimum Gasteiger partial charge on any atom is -0.453 e. The van der Waals surface area contributed by atoms with E-state index in [1.807, 2.05) is 36.8 Å². The van der Waals surface area contributed by atoms with E-state index in [9.17, 15) is 19.2 Å². The van der Waals surface area contributed by atoms with Crippen LogP contribution in [0.25, 0.3) is 44.2 Å². The highest BCUT2D eigenvalue weighted by Gasteiger charge is 2.46. The smallest absolute Gasteiger partial charge is 0.407 e. The predicted molar refractivity (Wildman–Crippen MR) is 244 cm³/mol. The van der Waals surface area contributed by atoms with Gasteiger partial charge in [0.25, 0.3) is 0 Å². The second-order valence-corrected chi connectivity index (χ2v) is 25.3. The molecule has 0 aliphatic carbocycles. The lowest BCUT2D eigenvalue weighted by Gasteiger charge is -2.31. The molecule has 5 aromatic rings. The van der Waals surface area contributed by atoms with Gasteiger partial charge in [-0.25, -0.2) is 19.6 Å². The number of fused-ring (bicyclic) bond motifs is 3. The standard InChI is InChI=1S/C47H62N8O6Si/c1-46(2,3)23-34(51-44(58)60-7)42(56)54-21-11-12-37(54)40-48-25-36(50-40)29-15-13-28(14-16-29)30-17-19-32-31(22-30)18-20-33-39(32)53-41(49-33)38-26-62(9,10)27-55(38)43(57)35(24-47(4,5)6)52-45(59)61-8/h13-20,22,25,34-35,37-38H,11-12,21,23-24,26-27H2,1-10H3,(H,48,50)(H,49,53)(H,51,58)(H,52,59)/t34-,35?,37+,38-/m0/s1. The predicted octanol–water partition coefficient (Wildman–Crippen LogP) is 8.89. The molecule has 7 rings (SSSR count). The third-order valence-corrected chi connectivity index (χ3v) is 14.7. The summed E-state index contributed by atoms with van der Waals surface area (Å²) in [4.78, 5) is 73.3. The second-order valence-electron chi connectivity index (χ2n) is 20.2. The Morgan fingerprint density at radius 3 is 1.98 bits per heavy atom. The molecule has 2 aliphatic rings. The van der Waals surface area contributed by atoms with Gasteiger partial charge >= 0.3 is 12.2 Å². The van der Waals surface area contributed by atoms with E-state index in [0.29, 0.717) is 25.6 Å². The summed E-state index contributed by atoms with van der Waals surface area (Å²) in [6, 6.07) is 17.9. The number of alkyl carbamates (subject to hydrolysis) is 2. The molecule has 62 heavy (non-hydrogen) atoms. The lowest BCUT2D eigenvalue weighted by atomic mass is 9.87. The maximum Gasteiger partial charge on any atom is 0.407 e. The molecule has 4 heterocycles. The van der Waals surface area contributed by atoms with Gasteiger partial charge in [0.1, 0.15) is 23.7 Å². The van der Waals surface area contributed by atoms with Gasteiger partial charge in [0.05, 0.1) is 57.3 Å². The summed E-state index contributed by atoms with van der Waals surface area (Å²) >= 11 is 0. The summed E-state index contributed by atoms with van der Waals surface area (Å²) in [5.41, 5.74) is 5.35. The molecule has 2 aromatic heterocycles. The summed E-state index contributed by atoms with van der Waals surface area (Å²) < 4.78 is 9.73. The summed E-state index contributed by atoms with van der Waals surface area (Å²) in [5, 5.41) is 7.65. The van der Waals surface area contributed by atoms with Gasteiger partial charge in [-0.15, -0.1) is 0 Å². The highest BCUT2D eigenvalue weighted by molar-refractivity contribution is 6.78. The van der Waals surface area contributed by atoms with Crippen LogP contribution in [0.2, 0.25) is 19.1 Å². The number of aromatic nitrogens is 4. The van der Waals surface area contributed by atoms with Crippen molar-refractivity contribution in [2.75, 3.05) is 26.9 Å². The van der Waals surface area contributed by atoms with Crippen LogP contribution in [-0.2, 0) is 19.1 Å². The lowest BCUT2D eigenvalue weighted by molar-refractivity contribution is -0.135. The molecule has 0 spiro atoms. The number of carbonyl (C=O) groups is 4. The molecule has 2 aliphatic heterocycles. The quantitative estimate of drug-likeness (QED) is 0.101. The van der Waals surface area contributed by atoms with Crippen LogP contribution < -0.4 is 10.6 Å². The molecule has 1 unspecified atom stereocenters. The Bertz CT molecular complexity index is 2460. The average molecular weight is 863 g/mol. The van der Waals surface area contributed by atoms with Crippen molar-refractivity contribution in [1.29, 1.82) is 0 Å². The van der Waals surface area contributed by atoms with E-state index in [-0.39, 0.29) is 34.7 Å². The molecule has 4 N–H and O–H groups in total. The number of amides is 4. The molecule has 0 bridgehead atoms. The van der Waals surface area contributed by atoms with Gasteiger partial charge in [-0.1, -0.05) is 97.1 Å². The van der Waals surface area contributed by atoms with Crippen LogP contribution in [-0.4, -0.2) is 101 Å². The van der Waals surface area contributed by atoms with Gasteiger partial charge in [0, 0.05) is 18.1 Å². The van der Waals surface area contributed by atoms with Gasteiger partial charge in [0.2, 0.25) is 11.8 Å². The normalized spacial score (nSPS) is 18.8. The van der Waals surface area contributed by atoms with Crippen molar-refractivity contribution in [2.45, 2.75) is 111 Å². The highest BCUT2D eigenvalue weighted by atomic mass is 28.3. The van der Waals surface area contributed by atoms with E-state index in [1.165, 1.54) is 14.2 Å². The van der Waals surface area contributed by atoms with Gasteiger partial charge in [-0.3, -0.25) is 9.59 Å². The third-order valence-electron chi connectivity index (χ3n) is 12.0. The molecular weight excluding hydrogens is 801 g/mol. The van der Waals surface area contributed by atoms with Crippen LogP contribution >= 0.6 is 0 Å². The molecule has 15 heteroatoms. The highest BCUT2D eigenvalue weighted by Crippen LogP contribution is 2.40. The molecule has 4 amide bonds. The number of hydrogen-bond donors (Lipinski definition) is 4. The van der Waals surface area contributed by atoms with Crippen molar-refractivity contribution in [3.05, 3.63) is 72.4 Å². The molecule has 0 saturated carbocycles. The topological polar surface area (TPSA) is 175 Å². The zero-order valence-corrected chi connectivity index (χ0v) is 38.8. The molecule has 3 aromatic carbocycles. The lowest BCUT2D eigenvalue weighted by Crippen LogP contribution is -2.50. The summed E-state index contributed by atoms with van der Waals surface area (Å²) in [5.74, 6) is 1.25. The minimum absolute atomic E-state index is 0.106. The maximum atomic E-state index is 14.2. The number of nitrogens with zero attached hydrogens (tertiary/aromatic N) is 4. The molecule has 4 atom stereocenters. The van der Waals surface area contributed by atoms with Crippen LogP contribution in [0.5, 0.6) is 0 Å². The second kappa shape index (κ2) is 17.2. The molecule has 330 valence electrons. The van der Waals surface area contributed by atoms with Crippen LogP contribution in [0.1, 0.15) is 91.0 Å². The fourth-order valence-corrected chi connectivity index (χ4v) is 12.0. The van der Waals surface area contributed by atoms with Crippen molar-refractivity contribution in [2.24, 2.45) is 10.8 Å². The van der Waals surface area contributed by atoms with Crippen molar-refractivity contribution < 1.29 is 28.7 Å². The number of methoxy groups -OCH3 is 2. The Labute approximate surface area is 364 Å². The molecule has 0 radical (unpaired) electrons.